The van der Waals surface area contributed by atoms with Crippen LogP contribution in [0.2, 0.25) is 0 Å². The first-order valence-corrected chi connectivity index (χ1v) is 5.80. The maximum atomic E-state index is 11.6. The Bertz CT molecular complexity index is 427. The summed E-state index contributed by atoms with van der Waals surface area (Å²) in [6.07, 6.45) is 0.330. The van der Waals surface area contributed by atoms with Crippen LogP contribution in [-0.2, 0) is 4.79 Å². The zero-order valence-corrected chi connectivity index (χ0v) is 10.7. The number of amides is 2. The number of hydrogen-bond acceptors (Lipinski definition) is 3. The molecule has 2 unspecified atom stereocenters. The van der Waals surface area contributed by atoms with Gasteiger partial charge in [0.05, 0.1) is 6.04 Å². The van der Waals surface area contributed by atoms with E-state index in [1.807, 2.05) is 6.92 Å². The average molecular weight is 254 g/mol. The zero-order valence-electron chi connectivity index (χ0n) is 10.7. The molecule has 6 heteroatoms. The van der Waals surface area contributed by atoms with Gasteiger partial charge in [0.2, 0.25) is 0 Å². The number of furan rings is 1. The summed E-state index contributed by atoms with van der Waals surface area (Å²) in [4.78, 5) is 22.3. The van der Waals surface area contributed by atoms with Crippen molar-refractivity contribution in [3.63, 3.8) is 0 Å². The van der Waals surface area contributed by atoms with Crippen LogP contribution < -0.4 is 10.6 Å². The van der Waals surface area contributed by atoms with E-state index in [0.717, 1.165) is 5.76 Å². The van der Waals surface area contributed by atoms with E-state index < -0.39 is 18.0 Å². The van der Waals surface area contributed by atoms with E-state index in [9.17, 15) is 9.59 Å². The topological polar surface area (TPSA) is 91.6 Å². The van der Waals surface area contributed by atoms with Gasteiger partial charge in [0, 0.05) is 0 Å². The lowest BCUT2D eigenvalue weighted by molar-refractivity contribution is -0.139. The first-order valence-electron chi connectivity index (χ1n) is 5.80. The summed E-state index contributed by atoms with van der Waals surface area (Å²) >= 11 is 0. The maximum absolute atomic E-state index is 11.6. The number of hydrogen-bond donors (Lipinski definition) is 3. The van der Waals surface area contributed by atoms with Gasteiger partial charge in [-0.2, -0.15) is 0 Å². The number of rotatable bonds is 5. The fourth-order valence-electron chi connectivity index (χ4n) is 1.49. The smallest absolute Gasteiger partial charge is 0.326 e. The van der Waals surface area contributed by atoms with Crippen LogP contribution in [0.25, 0.3) is 0 Å². The second kappa shape index (κ2) is 6.09. The molecule has 100 valence electrons. The van der Waals surface area contributed by atoms with E-state index in [4.69, 9.17) is 9.52 Å². The molecule has 2 atom stereocenters. The number of carboxylic acids is 1. The van der Waals surface area contributed by atoms with Crippen molar-refractivity contribution in [1.29, 1.82) is 0 Å². The monoisotopic (exact) mass is 254 g/mol. The molecule has 2 amide bonds. The normalized spacial score (nSPS) is 13.7. The summed E-state index contributed by atoms with van der Waals surface area (Å²) < 4.78 is 5.37. The van der Waals surface area contributed by atoms with Crippen molar-refractivity contribution in [2.75, 3.05) is 0 Å². The number of nitrogens with one attached hydrogen (secondary N) is 2. The number of aliphatic carboxylic acids is 1. The van der Waals surface area contributed by atoms with Crippen LogP contribution in [0.1, 0.15) is 37.8 Å². The Morgan fingerprint density at radius 2 is 2.06 bits per heavy atom. The van der Waals surface area contributed by atoms with E-state index in [-0.39, 0.29) is 6.04 Å². The van der Waals surface area contributed by atoms with Gasteiger partial charge in [0.25, 0.3) is 0 Å². The lowest BCUT2D eigenvalue weighted by Crippen LogP contribution is -2.46. The maximum Gasteiger partial charge on any atom is 0.326 e. The molecule has 0 bridgehead atoms. The molecule has 1 heterocycles. The van der Waals surface area contributed by atoms with E-state index in [1.165, 1.54) is 0 Å². The quantitative estimate of drug-likeness (QED) is 0.747. The molecule has 6 nitrogen and oxygen atoms in total. The lowest BCUT2D eigenvalue weighted by atomic mass is 10.2. The molecule has 0 radical (unpaired) electrons. The summed E-state index contributed by atoms with van der Waals surface area (Å²) in [5.41, 5.74) is 0. The third kappa shape index (κ3) is 3.80. The number of carbonyl (C=O) groups is 2. The standard InChI is InChI=1S/C12H18N2O4/c1-4-9(11(15)16)14-12(17)13-8(3)10-6-5-7(2)18-10/h5-6,8-9H,4H2,1-3H3,(H,15,16)(H2,13,14,17). The predicted octanol–water partition coefficient (Wildman–Crippen LogP) is 1.81. The van der Waals surface area contributed by atoms with Gasteiger partial charge in [-0.3, -0.25) is 0 Å². The molecule has 0 saturated carbocycles. The first-order chi connectivity index (χ1) is 8.43. The van der Waals surface area contributed by atoms with Gasteiger partial charge in [0.15, 0.2) is 0 Å². The highest BCUT2D eigenvalue weighted by Gasteiger charge is 2.19. The zero-order chi connectivity index (χ0) is 13.7. The van der Waals surface area contributed by atoms with Crippen LogP contribution in [-0.4, -0.2) is 23.1 Å². The molecule has 0 aliphatic heterocycles. The molecule has 0 saturated heterocycles. The third-order valence-electron chi connectivity index (χ3n) is 2.55. The second-order valence-corrected chi connectivity index (χ2v) is 4.09. The molecule has 0 aliphatic carbocycles. The molecule has 0 fully saturated rings. The Balaban J connectivity index is 2.52. The molecular weight excluding hydrogens is 236 g/mol. The average Bonchev–Trinajstić information content (AvgIpc) is 2.72. The van der Waals surface area contributed by atoms with Crippen molar-refractivity contribution in [3.05, 3.63) is 23.7 Å². The van der Waals surface area contributed by atoms with E-state index in [2.05, 4.69) is 10.6 Å². The molecule has 3 N–H and O–H groups in total. The highest BCUT2D eigenvalue weighted by molar-refractivity contribution is 5.82. The SMILES string of the molecule is CCC(NC(=O)NC(C)c1ccc(C)o1)C(=O)O. The van der Waals surface area contributed by atoms with Gasteiger partial charge < -0.3 is 20.2 Å². The van der Waals surface area contributed by atoms with E-state index in [1.54, 1.807) is 26.0 Å². The summed E-state index contributed by atoms with van der Waals surface area (Å²) in [7, 11) is 0. The summed E-state index contributed by atoms with van der Waals surface area (Å²) in [5, 5.41) is 13.8. The van der Waals surface area contributed by atoms with Gasteiger partial charge in [-0.05, 0) is 32.4 Å². The second-order valence-electron chi connectivity index (χ2n) is 4.09. The minimum absolute atomic E-state index is 0.315. The van der Waals surface area contributed by atoms with Crippen LogP contribution >= 0.6 is 0 Å². The van der Waals surface area contributed by atoms with Gasteiger partial charge >= 0.3 is 12.0 Å². The van der Waals surface area contributed by atoms with Gasteiger partial charge in [0.1, 0.15) is 17.6 Å². The number of aryl methyl sites for hydroxylation is 1. The largest absolute Gasteiger partial charge is 0.480 e. The van der Waals surface area contributed by atoms with Crippen LogP contribution in [0, 0.1) is 6.92 Å². The predicted molar refractivity (Wildman–Crippen MR) is 65.2 cm³/mol. The number of carboxylic acid groups (broad SMARTS) is 1. The Morgan fingerprint density at radius 1 is 1.39 bits per heavy atom. The van der Waals surface area contributed by atoms with Crippen LogP contribution in [0.3, 0.4) is 0 Å². The Kier molecular flexibility index (Phi) is 4.76. The van der Waals surface area contributed by atoms with Crippen LogP contribution in [0.4, 0.5) is 4.79 Å². The van der Waals surface area contributed by atoms with E-state index >= 15 is 0 Å². The highest BCUT2D eigenvalue weighted by Crippen LogP contribution is 2.15. The Morgan fingerprint density at radius 3 is 2.50 bits per heavy atom. The highest BCUT2D eigenvalue weighted by atomic mass is 16.4. The Labute approximate surface area is 105 Å². The fraction of sp³-hybridized carbons (Fsp3) is 0.500. The first kappa shape index (κ1) is 14.1. The minimum Gasteiger partial charge on any atom is -0.480 e. The molecule has 0 aromatic carbocycles. The van der Waals surface area contributed by atoms with Crippen LogP contribution in [0.15, 0.2) is 16.5 Å². The van der Waals surface area contributed by atoms with Crippen molar-refractivity contribution in [2.24, 2.45) is 0 Å². The summed E-state index contributed by atoms with van der Waals surface area (Å²) in [6, 6.07) is 1.86. The van der Waals surface area contributed by atoms with Crippen molar-refractivity contribution >= 4 is 12.0 Å². The van der Waals surface area contributed by atoms with Gasteiger partial charge in [-0.15, -0.1) is 0 Å². The minimum atomic E-state index is -1.05. The Hall–Kier alpha value is -1.98. The van der Waals surface area contributed by atoms with Crippen molar-refractivity contribution in [1.82, 2.24) is 10.6 Å². The van der Waals surface area contributed by atoms with Gasteiger partial charge in [-0.25, -0.2) is 9.59 Å². The molecule has 1 aromatic heterocycles. The molecule has 1 aromatic rings. The van der Waals surface area contributed by atoms with E-state index in [0.29, 0.717) is 12.2 Å². The molecule has 0 aliphatic rings. The summed E-state index contributed by atoms with van der Waals surface area (Å²) in [6.45, 7) is 5.27. The van der Waals surface area contributed by atoms with Crippen molar-refractivity contribution < 1.29 is 19.1 Å². The van der Waals surface area contributed by atoms with Gasteiger partial charge in [-0.1, -0.05) is 6.92 Å². The summed E-state index contributed by atoms with van der Waals surface area (Å²) in [5.74, 6) is 0.344. The van der Waals surface area contributed by atoms with Crippen LogP contribution in [0.5, 0.6) is 0 Å². The number of urea groups is 1. The molecule has 1 rings (SSSR count). The van der Waals surface area contributed by atoms with Crippen molar-refractivity contribution in [3.8, 4) is 0 Å². The third-order valence-corrected chi connectivity index (χ3v) is 2.55. The molecular formula is C12H18N2O4. The lowest BCUT2D eigenvalue weighted by Gasteiger charge is -2.16. The number of carbonyl (C=O) groups excluding carboxylic acids is 1. The fourth-order valence-corrected chi connectivity index (χ4v) is 1.49. The van der Waals surface area contributed by atoms with Crippen molar-refractivity contribution in [2.45, 2.75) is 39.3 Å². The molecule has 18 heavy (non-hydrogen) atoms. The molecule has 0 spiro atoms.